The SMILES string of the molecule is COc1ccc2c(c1)C(N)(c1ccc(C)cc1C)CCC2. The first kappa shape index (κ1) is 14.2. The Labute approximate surface area is 126 Å². The number of benzene rings is 2. The minimum atomic E-state index is -0.403. The standard InChI is InChI=1S/C19H23NO/c1-13-6-9-17(14(2)11-13)19(20)10-4-5-15-7-8-16(21-3)12-18(15)19/h6-9,11-12H,4-5,10,20H2,1-3H3. The van der Waals surface area contributed by atoms with Crippen LogP contribution < -0.4 is 10.5 Å². The molecule has 2 aromatic rings. The van der Waals surface area contributed by atoms with Crippen molar-refractivity contribution in [1.29, 1.82) is 0 Å². The molecule has 0 saturated carbocycles. The van der Waals surface area contributed by atoms with E-state index in [9.17, 15) is 0 Å². The molecule has 110 valence electrons. The quantitative estimate of drug-likeness (QED) is 0.907. The largest absolute Gasteiger partial charge is 0.497 e. The fraction of sp³-hybridized carbons (Fsp3) is 0.368. The topological polar surface area (TPSA) is 35.2 Å². The van der Waals surface area contributed by atoms with Gasteiger partial charge in [0.15, 0.2) is 0 Å². The molecule has 1 aliphatic carbocycles. The Kier molecular flexibility index (Phi) is 3.50. The lowest BCUT2D eigenvalue weighted by atomic mass is 9.72. The van der Waals surface area contributed by atoms with Gasteiger partial charge in [0, 0.05) is 0 Å². The van der Waals surface area contributed by atoms with Crippen molar-refractivity contribution in [3.05, 3.63) is 64.2 Å². The summed E-state index contributed by atoms with van der Waals surface area (Å²) in [5.41, 5.74) is 12.9. The molecule has 0 spiro atoms. The molecule has 3 rings (SSSR count). The van der Waals surface area contributed by atoms with E-state index < -0.39 is 5.54 Å². The zero-order chi connectivity index (χ0) is 15.0. The van der Waals surface area contributed by atoms with E-state index in [-0.39, 0.29) is 0 Å². The predicted octanol–water partition coefficient (Wildman–Crippen LogP) is 3.85. The Morgan fingerprint density at radius 1 is 1.05 bits per heavy atom. The van der Waals surface area contributed by atoms with E-state index in [0.717, 1.165) is 25.0 Å². The molecule has 0 fully saturated rings. The molecule has 1 aliphatic rings. The van der Waals surface area contributed by atoms with Crippen LogP contribution in [0.5, 0.6) is 5.75 Å². The molecule has 1 atom stereocenters. The van der Waals surface area contributed by atoms with Gasteiger partial charge >= 0.3 is 0 Å². The van der Waals surface area contributed by atoms with Crippen LogP contribution in [0.2, 0.25) is 0 Å². The van der Waals surface area contributed by atoms with E-state index >= 15 is 0 Å². The molecule has 2 nitrogen and oxygen atoms in total. The molecule has 1 unspecified atom stereocenters. The molecule has 0 aromatic heterocycles. The summed E-state index contributed by atoms with van der Waals surface area (Å²) in [5, 5.41) is 0. The monoisotopic (exact) mass is 281 g/mol. The first-order chi connectivity index (χ1) is 10.0. The van der Waals surface area contributed by atoms with Crippen LogP contribution in [0.15, 0.2) is 36.4 Å². The van der Waals surface area contributed by atoms with Gasteiger partial charge in [-0.25, -0.2) is 0 Å². The maximum Gasteiger partial charge on any atom is 0.119 e. The van der Waals surface area contributed by atoms with Gasteiger partial charge < -0.3 is 10.5 Å². The van der Waals surface area contributed by atoms with E-state index in [4.69, 9.17) is 10.5 Å². The lowest BCUT2D eigenvalue weighted by molar-refractivity contribution is 0.404. The Balaban J connectivity index is 2.18. The average Bonchev–Trinajstić information content (AvgIpc) is 2.47. The number of rotatable bonds is 2. The molecule has 0 amide bonds. The molecule has 2 aromatic carbocycles. The second-order valence-electron chi connectivity index (χ2n) is 6.17. The Morgan fingerprint density at radius 3 is 2.57 bits per heavy atom. The van der Waals surface area contributed by atoms with Crippen molar-refractivity contribution in [3.63, 3.8) is 0 Å². The Bertz CT molecular complexity index is 677. The third-order valence-electron chi connectivity index (χ3n) is 4.68. The first-order valence-electron chi connectivity index (χ1n) is 7.58. The highest BCUT2D eigenvalue weighted by Crippen LogP contribution is 2.41. The molecule has 2 N–H and O–H groups in total. The van der Waals surface area contributed by atoms with Gasteiger partial charge in [-0.1, -0.05) is 29.8 Å². The third-order valence-corrected chi connectivity index (χ3v) is 4.68. The minimum Gasteiger partial charge on any atom is -0.497 e. The van der Waals surface area contributed by atoms with Crippen molar-refractivity contribution in [1.82, 2.24) is 0 Å². The van der Waals surface area contributed by atoms with Crippen LogP contribution >= 0.6 is 0 Å². The van der Waals surface area contributed by atoms with E-state index in [1.165, 1.54) is 27.8 Å². The van der Waals surface area contributed by atoms with Gasteiger partial charge in [0.25, 0.3) is 0 Å². The van der Waals surface area contributed by atoms with Gasteiger partial charge in [-0.3, -0.25) is 0 Å². The number of ether oxygens (including phenoxy) is 1. The lowest BCUT2D eigenvalue weighted by Gasteiger charge is -2.37. The summed E-state index contributed by atoms with van der Waals surface area (Å²) in [6, 6.07) is 12.9. The summed E-state index contributed by atoms with van der Waals surface area (Å²) >= 11 is 0. The molecular weight excluding hydrogens is 258 g/mol. The summed E-state index contributed by atoms with van der Waals surface area (Å²) in [5.74, 6) is 0.884. The number of fused-ring (bicyclic) bond motifs is 1. The molecule has 0 bridgehead atoms. The molecule has 2 heteroatoms. The summed E-state index contributed by atoms with van der Waals surface area (Å²) in [6.07, 6.45) is 3.21. The predicted molar refractivity (Wildman–Crippen MR) is 86.8 cm³/mol. The zero-order valence-corrected chi connectivity index (χ0v) is 13.1. The molecule has 0 heterocycles. The van der Waals surface area contributed by atoms with Crippen LogP contribution in [-0.4, -0.2) is 7.11 Å². The highest BCUT2D eigenvalue weighted by Gasteiger charge is 2.35. The Hall–Kier alpha value is -1.80. The molecule has 0 radical (unpaired) electrons. The summed E-state index contributed by atoms with van der Waals surface area (Å²) in [6.45, 7) is 4.28. The average molecular weight is 281 g/mol. The summed E-state index contributed by atoms with van der Waals surface area (Å²) < 4.78 is 5.40. The van der Waals surface area contributed by atoms with Gasteiger partial charge in [0.1, 0.15) is 5.75 Å². The van der Waals surface area contributed by atoms with E-state index in [1.54, 1.807) is 7.11 Å². The van der Waals surface area contributed by atoms with Crippen molar-refractivity contribution in [3.8, 4) is 5.75 Å². The van der Waals surface area contributed by atoms with Crippen LogP contribution in [-0.2, 0) is 12.0 Å². The van der Waals surface area contributed by atoms with Gasteiger partial charge in [-0.15, -0.1) is 0 Å². The number of methoxy groups -OCH3 is 1. The molecule has 0 aliphatic heterocycles. The molecule has 21 heavy (non-hydrogen) atoms. The maximum absolute atomic E-state index is 6.91. The molecule has 0 saturated heterocycles. The van der Waals surface area contributed by atoms with Crippen molar-refractivity contribution >= 4 is 0 Å². The maximum atomic E-state index is 6.91. The highest BCUT2D eigenvalue weighted by molar-refractivity contribution is 5.50. The number of aryl methyl sites for hydroxylation is 3. The van der Waals surface area contributed by atoms with Crippen LogP contribution in [0.25, 0.3) is 0 Å². The smallest absolute Gasteiger partial charge is 0.119 e. The molecular formula is C19H23NO. The fourth-order valence-electron chi connectivity index (χ4n) is 3.60. The van der Waals surface area contributed by atoms with Crippen LogP contribution in [0.4, 0.5) is 0 Å². The second kappa shape index (κ2) is 5.19. The Morgan fingerprint density at radius 2 is 1.86 bits per heavy atom. The third kappa shape index (κ3) is 2.34. The fourth-order valence-corrected chi connectivity index (χ4v) is 3.60. The number of hydrogen-bond donors (Lipinski definition) is 1. The van der Waals surface area contributed by atoms with Crippen molar-refractivity contribution < 1.29 is 4.74 Å². The van der Waals surface area contributed by atoms with Gasteiger partial charge in [-0.2, -0.15) is 0 Å². The van der Waals surface area contributed by atoms with Gasteiger partial charge in [-0.05, 0) is 67.5 Å². The van der Waals surface area contributed by atoms with Crippen LogP contribution in [0, 0.1) is 13.8 Å². The van der Waals surface area contributed by atoms with Crippen molar-refractivity contribution in [2.45, 2.75) is 38.6 Å². The van der Waals surface area contributed by atoms with Crippen LogP contribution in [0.1, 0.15) is 40.7 Å². The number of hydrogen-bond acceptors (Lipinski definition) is 2. The van der Waals surface area contributed by atoms with E-state index in [1.807, 2.05) is 6.07 Å². The zero-order valence-electron chi connectivity index (χ0n) is 13.1. The second-order valence-corrected chi connectivity index (χ2v) is 6.17. The highest BCUT2D eigenvalue weighted by atomic mass is 16.5. The van der Waals surface area contributed by atoms with Gasteiger partial charge in [0.2, 0.25) is 0 Å². The first-order valence-corrected chi connectivity index (χ1v) is 7.58. The van der Waals surface area contributed by atoms with Crippen molar-refractivity contribution in [2.75, 3.05) is 7.11 Å². The van der Waals surface area contributed by atoms with Crippen LogP contribution in [0.3, 0.4) is 0 Å². The lowest BCUT2D eigenvalue weighted by Crippen LogP contribution is -2.41. The minimum absolute atomic E-state index is 0.403. The summed E-state index contributed by atoms with van der Waals surface area (Å²) in [4.78, 5) is 0. The number of nitrogens with two attached hydrogens (primary N) is 1. The normalized spacial score (nSPS) is 21.0. The summed E-state index contributed by atoms with van der Waals surface area (Å²) in [7, 11) is 1.71. The van der Waals surface area contributed by atoms with E-state index in [2.05, 4.69) is 44.2 Å². The van der Waals surface area contributed by atoms with Crippen molar-refractivity contribution in [2.24, 2.45) is 5.73 Å². The van der Waals surface area contributed by atoms with E-state index in [0.29, 0.717) is 0 Å². The van der Waals surface area contributed by atoms with Gasteiger partial charge in [0.05, 0.1) is 12.6 Å².